The number of hydrazone groups is 1. The molecule has 0 N–H and O–H groups in total. The molecule has 3 aromatic rings. The number of rotatable bonds is 5. The molecule has 6 heteroatoms. The Morgan fingerprint density at radius 3 is 2.57 bits per heavy atom. The molecule has 0 aliphatic carbocycles. The van der Waals surface area contributed by atoms with Gasteiger partial charge in [0.2, 0.25) is 0 Å². The molecule has 0 fully saturated rings. The van der Waals surface area contributed by atoms with Gasteiger partial charge in [-0.25, -0.2) is 4.79 Å². The molecule has 0 unspecified atom stereocenters. The van der Waals surface area contributed by atoms with E-state index in [0.29, 0.717) is 46.2 Å². The first-order valence-corrected chi connectivity index (χ1v) is 9.61. The van der Waals surface area contributed by atoms with E-state index in [-0.39, 0.29) is 5.91 Å². The van der Waals surface area contributed by atoms with Crippen LogP contribution in [0.4, 0.5) is 5.69 Å². The van der Waals surface area contributed by atoms with Crippen LogP contribution in [0.1, 0.15) is 30.0 Å². The van der Waals surface area contributed by atoms with Gasteiger partial charge in [-0.3, -0.25) is 4.79 Å². The molecular weight excluding hydrogens is 380 g/mol. The van der Waals surface area contributed by atoms with E-state index in [2.05, 4.69) is 5.10 Å². The summed E-state index contributed by atoms with van der Waals surface area (Å²) in [6.45, 7) is 3.84. The molecule has 0 spiro atoms. The summed E-state index contributed by atoms with van der Waals surface area (Å²) in [7, 11) is 0. The topological polar surface area (TPSA) is 72.1 Å². The zero-order valence-electron chi connectivity index (χ0n) is 16.7. The molecule has 0 saturated heterocycles. The third kappa shape index (κ3) is 3.67. The molecule has 0 atom stereocenters. The van der Waals surface area contributed by atoms with Crippen molar-refractivity contribution in [3.05, 3.63) is 83.6 Å². The van der Waals surface area contributed by atoms with Crippen molar-refractivity contribution in [2.45, 2.75) is 13.8 Å². The third-order valence-corrected chi connectivity index (χ3v) is 4.66. The van der Waals surface area contributed by atoms with Gasteiger partial charge in [-0.15, -0.1) is 0 Å². The zero-order chi connectivity index (χ0) is 21.1. The molecule has 2 heterocycles. The van der Waals surface area contributed by atoms with E-state index < -0.39 is 5.97 Å². The average Bonchev–Trinajstić information content (AvgIpc) is 3.35. The molecule has 1 amide bonds. The van der Waals surface area contributed by atoms with Gasteiger partial charge in [-0.1, -0.05) is 36.4 Å². The Morgan fingerprint density at radius 1 is 1.07 bits per heavy atom. The van der Waals surface area contributed by atoms with Gasteiger partial charge in [-0.05, 0) is 50.3 Å². The van der Waals surface area contributed by atoms with Gasteiger partial charge in [0.25, 0.3) is 5.91 Å². The predicted octanol–water partition coefficient (Wildman–Crippen LogP) is 4.93. The molecule has 0 bridgehead atoms. The highest BCUT2D eigenvalue weighted by Crippen LogP contribution is 2.29. The van der Waals surface area contributed by atoms with E-state index in [1.807, 2.05) is 36.4 Å². The predicted molar refractivity (Wildman–Crippen MR) is 115 cm³/mol. The first-order valence-electron chi connectivity index (χ1n) is 9.61. The quantitative estimate of drug-likeness (QED) is 0.450. The summed E-state index contributed by atoms with van der Waals surface area (Å²) in [6.07, 6.45) is 1.67. The second-order valence-corrected chi connectivity index (χ2v) is 6.66. The molecule has 6 nitrogen and oxygen atoms in total. The molecule has 1 aliphatic heterocycles. The number of hydrogen-bond acceptors (Lipinski definition) is 5. The maximum absolute atomic E-state index is 12.9. The first kappa shape index (κ1) is 19.4. The number of furan rings is 1. The number of anilines is 1. The largest absolute Gasteiger partial charge is 0.462 e. The summed E-state index contributed by atoms with van der Waals surface area (Å²) in [5.41, 5.74) is 2.83. The van der Waals surface area contributed by atoms with E-state index in [0.717, 1.165) is 0 Å². The Morgan fingerprint density at radius 2 is 1.80 bits per heavy atom. The van der Waals surface area contributed by atoms with Crippen LogP contribution >= 0.6 is 0 Å². The number of amides is 1. The van der Waals surface area contributed by atoms with Crippen molar-refractivity contribution in [1.29, 1.82) is 0 Å². The monoisotopic (exact) mass is 400 g/mol. The van der Waals surface area contributed by atoms with Crippen molar-refractivity contribution in [3.63, 3.8) is 0 Å². The van der Waals surface area contributed by atoms with E-state index in [1.165, 1.54) is 5.01 Å². The Labute approximate surface area is 174 Å². The minimum Gasteiger partial charge on any atom is -0.462 e. The highest BCUT2D eigenvalue weighted by Gasteiger charge is 2.29. The van der Waals surface area contributed by atoms with Crippen LogP contribution in [0.25, 0.3) is 17.4 Å². The van der Waals surface area contributed by atoms with Crippen molar-refractivity contribution in [2.75, 3.05) is 11.6 Å². The van der Waals surface area contributed by atoms with Gasteiger partial charge in [0.05, 0.1) is 29.1 Å². The van der Waals surface area contributed by atoms with Gasteiger partial charge in [0.15, 0.2) is 0 Å². The standard InChI is InChI=1S/C24H20N2O4/c1-3-29-24(28)20-12-8-7-11-19(20)22-14-13-18(30-22)15-21-16(2)25-26(23(21)27)17-9-5-4-6-10-17/h4-15H,3H2,1-2H3/b21-15-. The lowest BCUT2D eigenvalue weighted by Gasteiger charge is -2.10. The Balaban J connectivity index is 1.63. The molecule has 4 rings (SSSR count). The van der Waals surface area contributed by atoms with Crippen LogP contribution in [-0.4, -0.2) is 24.2 Å². The number of nitrogens with zero attached hydrogens (tertiary/aromatic N) is 2. The van der Waals surface area contributed by atoms with Crippen molar-refractivity contribution in [1.82, 2.24) is 0 Å². The summed E-state index contributed by atoms with van der Waals surface area (Å²) >= 11 is 0. The van der Waals surface area contributed by atoms with Crippen molar-refractivity contribution < 1.29 is 18.7 Å². The number of esters is 1. The molecule has 2 aromatic carbocycles. The minimum absolute atomic E-state index is 0.219. The van der Waals surface area contributed by atoms with Crippen LogP contribution in [0.2, 0.25) is 0 Å². The van der Waals surface area contributed by atoms with E-state index in [4.69, 9.17) is 9.15 Å². The number of carbonyl (C=O) groups excluding carboxylic acids is 2. The van der Waals surface area contributed by atoms with Crippen LogP contribution in [0, 0.1) is 0 Å². The molecule has 30 heavy (non-hydrogen) atoms. The smallest absolute Gasteiger partial charge is 0.338 e. The summed E-state index contributed by atoms with van der Waals surface area (Å²) in [5.74, 6) is 0.391. The van der Waals surface area contributed by atoms with Crippen molar-refractivity contribution in [3.8, 4) is 11.3 Å². The lowest BCUT2D eigenvalue weighted by atomic mass is 10.1. The molecule has 0 radical (unpaired) electrons. The number of benzene rings is 2. The number of para-hydroxylation sites is 1. The maximum Gasteiger partial charge on any atom is 0.338 e. The fraction of sp³-hybridized carbons (Fsp3) is 0.125. The molecule has 1 aliphatic rings. The molecule has 0 saturated carbocycles. The van der Waals surface area contributed by atoms with Gasteiger partial charge >= 0.3 is 5.97 Å². The lowest BCUT2D eigenvalue weighted by molar-refractivity contribution is -0.114. The highest BCUT2D eigenvalue weighted by molar-refractivity contribution is 6.32. The Kier molecular flexibility index (Phi) is 5.30. The maximum atomic E-state index is 12.9. The fourth-order valence-corrected chi connectivity index (χ4v) is 3.23. The highest BCUT2D eigenvalue weighted by atomic mass is 16.5. The Hall–Kier alpha value is -3.93. The van der Waals surface area contributed by atoms with Crippen LogP contribution in [0.5, 0.6) is 0 Å². The number of carbonyl (C=O) groups is 2. The second-order valence-electron chi connectivity index (χ2n) is 6.66. The lowest BCUT2D eigenvalue weighted by Crippen LogP contribution is -2.21. The molecule has 150 valence electrons. The number of ether oxygens (including phenoxy) is 1. The summed E-state index contributed by atoms with van der Waals surface area (Å²) < 4.78 is 11.1. The van der Waals surface area contributed by atoms with Crippen LogP contribution in [0.3, 0.4) is 0 Å². The third-order valence-electron chi connectivity index (χ3n) is 4.66. The van der Waals surface area contributed by atoms with E-state index in [1.54, 1.807) is 50.3 Å². The molecule has 1 aromatic heterocycles. The average molecular weight is 400 g/mol. The molecular formula is C24H20N2O4. The van der Waals surface area contributed by atoms with Gasteiger partial charge in [-0.2, -0.15) is 10.1 Å². The summed E-state index contributed by atoms with van der Waals surface area (Å²) in [6, 6.07) is 19.9. The number of hydrogen-bond donors (Lipinski definition) is 0. The van der Waals surface area contributed by atoms with E-state index >= 15 is 0 Å². The van der Waals surface area contributed by atoms with Gasteiger partial charge in [0.1, 0.15) is 11.5 Å². The summed E-state index contributed by atoms with van der Waals surface area (Å²) in [5, 5.41) is 5.75. The second kappa shape index (κ2) is 8.21. The first-order chi connectivity index (χ1) is 14.6. The zero-order valence-corrected chi connectivity index (χ0v) is 16.7. The van der Waals surface area contributed by atoms with E-state index in [9.17, 15) is 9.59 Å². The van der Waals surface area contributed by atoms with Crippen LogP contribution in [-0.2, 0) is 9.53 Å². The van der Waals surface area contributed by atoms with Crippen LogP contribution in [0.15, 0.2) is 81.8 Å². The normalized spacial score (nSPS) is 14.9. The Bertz CT molecular complexity index is 1160. The minimum atomic E-state index is -0.406. The SMILES string of the molecule is CCOC(=O)c1ccccc1-c1ccc(/C=C2\C(=O)N(c3ccccc3)N=C2C)o1. The van der Waals surface area contributed by atoms with Gasteiger partial charge in [0, 0.05) is 5.56 Å². The fourth-order valence-electron chi connectivity index (χ4n) is 3.23. The van der Waals surface area contributed by atoms with Crippen molar-refractivity contribution in [2.24, 2.45) is 5.10 Å². The van der Waals surface area contributed by atoms with Crippen molar-refractivity contribution >= 4 is 29.4 Å². The van der Waals surface area contributed by atoms with Crippen LogP contribution < -0.4 is 5.01 Å². The summed E-state index contributed by atoms with van der Waals surface area (Å²) in [4.78, 5) is 25.1. The van der Waals surface area contributed by atoms with Gasteiger partial charge < -0.3 is 9.15 Å².